The zero-order valence-corrected chi connectivity index (χ0v) is 21.3. The van der Waals surface area contributed by atoms with Gasteiger partial charge in [-0.1, -0.05) is 58.0 Å². The van der Waals surface area contributed by atoms with E-state index in [9.17, 15) is 4.79 Å². The third-order valence-corrected chi connectivity index (χ3v) is 7.01. The molecule has 0 unspecified atom stereocenters. The SMILES string of the molecule is CC[C@@H](C)c1ccccc1OCCOc1cccc(/C=C2\C(=N)N3N=C(C(C)C)SC3=NC2=O)c1. The van der Waals surface area contributed by atoms with Crippen molar-refractivity contribution in [2.75, 3.05) is 13.2 Å². The van der Waals surface area contributed by atoms with Gasteiger partial charge in [0.15, 0.2) is 5.84 Å². The van der Waals surface area contributed by atoms with Crippen LogP contribution < -0.4 is 9.47 Å². The number of amides is 1. The Morgan fingerprint density at radius 2 is 1.86 bits per heavy atom. The molecule has 1 atom stereocenters. The van der Waals surface area contributed by atoms with E-state index in [4.69, 9.17) is 14.9 Å². The molecule has 2 aliphatic rings. The van der Waals surface area contributed by atoms with Crippen molar-refractivity contribution in [1.82, 2.24) is 5.01 Å². The van der Waals surface area contributed by atoms with Crippen LogP contribution in [-0.4, -0.2) is 40.2 Å². The molecule has 0 radical (unpaired) electrons. The minimum Gasteiger partial charge on any atom is -0.490 e. The van der Waals surface area contributed by atoms with Gasteiger partial charge in [-0.05, 0) is 59.5 Å². The van der Waals surface area contributed by atoms with Gasteiger partial charge in [-0.3, -0.25) is 10.2 Å². The van der Waals surface area contributed by atoms with E-state index >= 15 is 0 Å². The quantitative estimate of drug-likeness (QED) is 0.348. The minimum absolute atomic E-state index is 0.0304. The maximum Gasteiger partial charge on any atom is 0.283 e. The van der Waals surface area contributed by atoms with E-state index in [1.807, 2.05) is 56.3 Å². The number of nitrogens with zero attached hydrogens (tertiary/aromatic N) is 3. The number of carbonyl (C=O) groups is 1. The molecule has 8 heteroatoms. The largest absolute Gasteiger partial charge is 0.490 e. The molecule has 7 nitrogen and oxygen atoms in total. The number of hydrazone groups is 1. The standard InChI is InChI=1S/C27H30N4O3S/c1-5-18(4)21-11-6-7-12-23(21)34-14-13-33-20-10-8-9-19(15-20)16-22-24(28)31-27(29-25(22)32)35-26(30-31)17(2)3/h6-12,15-18,28H,5,13-14H2,1-4H3/b22-16+,28-24?/t18-/m1/s1. The highest BCUT2D eigenvalue weighted by Gasteiger charge is 2.36. The summed E-state index contributed by atoms with van der Waals surface area (Å²) in [6, 6.07) is 15.5. The first-order valence-corrected chi connectivity index (χ1v) is 12.6. The molecule has 0 aliphatic carbocycles. The van der Waals surface area contributed by atoms with Crippen molar-refractivity contribution < 1.29 is 14.3 Å². The van der Waals surface area contributed by atoms with E-state index in [1.54, 1.807) is 6.08 Å². The fourth-order valence-corrected chi connectivity index (χ4v) is 4.54. The highest BCUT2D eigenvalue weighted by molar-refractivity contribution is 8.27. The highest BCUT2D eigenvalue weighted by Crippen LogP contribution is 2.31. The monoisotopic (exact) mass is 490 g/mol. The van der Waals surface area contributed by atoms with E-state index in [0.29, 0.717) is 30.0 Å². The Balaban J connectivity index is 1.40. The van der Waals surface area contributed by atoms with Crippen LogP contribution in [0.25, 0.3) is 6.08 Å². The normalized spacial score (nSPS) is 17.4. The number of rotatable bonds is 9. The molecule has 2 aromatic rings. The second-order valence-electron chi connectivity index (χ2n) is 8.73. The predicted octanol–water partition coefficient (Wildman–Crippen LogP) is 5.93. The zero-order valence-electron chi connectivity index (χ0n) is 20.4. The summed E-state index contributed by atoms with van der Waals surface area (Å²) < 4.78 is 11.9. The number of hydrogen-bond donors (Lipinski definition) is 1. The summed E-state index contributed by atoms with van der Waals surface area (Å²) in [6.45, 7) is 9.21. The molecule has 1 N–H and O–H groups in total. The molecular weight excluding hydrogens is 460 g/mol. The lowest BCUT2D eigenvalue weighted by molar-refractivity contribution is -0.114. The fourth-order valence-electron chi connectivity index (χ4n) is 3.65. The number of hydrogen-bond acceptors (Lipinski definition) is 6. The molecule has 2 aliphatic heterocycles. The number of ether oxygens (including phenoxy) is 2. The summed E-state index contributed by atoms with van der Waals surface area (Å²) in [7, 11) is 0. The molecule has 35 heavy (non-hydrogen) atoms. The van der Waals surface area contributed by atoms with Gasteiger partial charge in [0.05, 0.1) is 5.57 Å². The molecule has 0 spiro atoms. The van der Waals surface area contributed by atoms with Gasteiger partial charge in [0.2, 0.25) is 5.17 Å². The van der Waals surface area contributed by atoms with Crippen LogP contribution >= 0.6 is 11.8 Å². The molecule has 2 aromatic carbocycles. The lowest BCUT2D eigenvalue weighted by atomic mass is 9.98. The Hall–Kier alpha value is -3.39. The first kappa shape index (κ1) is 24.7. The molecule has 0 aromatic heterocycles. The average molecular weight is 491 g/mol. The Morgan fingerprint density at radius 3 is 2.63 bits per heavy atom. The average Bonchev–Trinajstić information content (AvgIpc) is 3.29. The lowest BCUT2D eigenvalue weighted by Crippen LogP contribution is -2.35. The molecular formula is C27H30N4O3S. The molecule has 0 bridgehead atoms. The van der Waals surface area contributed by atoms with Crippen LogP contribution in [0, 0.1) is 11.3 Å². The zero-order chi connectivity index (χ0) is 24.9. The molecule has 2 heterocycles. The number of aliphatic imine (C=N–C) groups is 1. The summed E-state index contributed by atoms with van der Waals surface area (Å²) in [5, 5.41) is 15.7. The van der Waals surface area contributed by atoms with Gasteiger partial charge in [-0.15, -0.1) is 0 Å². The van der Waals surface area contributed by atoms with Gasteiger partial charge >= 0.3 is 0 Å². The number of para-hydroxylation sites is 1. The van der Waals surface area contributed by atoms with Crippen molar-refractivity contribution >= 4 is 39.8 Å². The summed E-state index contributed by atoms with van der Waals surface area (Å²) in [5.74, 6) is 1.78. The first-order valence-electron chi connectivity index (χ1n) is 11.8. The van der Waals surface area contributed by atoms with Crippen LogP contribution in [0.1, 0.15) is 51.2 Å². The minimum atomic E-state index is -0.436. The predicted molar refractivity (Wildman–Crippen MR) is 142 cm³/mol. The molecule has 4 rings (SSSR count). The smallest absolute Gasteiger partial charge is 0.283 e. The van der Waals surface area contributed by atoms with Gasteiger partial charge in [-0.25, -0.2) is 0 Å². The molecule has 0 saturated heterocycles. The molecule has 0 fully saturated rings. The lowest BCUT2D eigenvalue weighted by Gasteiger charge is -2.20. The number of thioether (sulfide) groups is 1. The first-order chi connectivity index (χ1) is 16.9. The topological polar surface area (TPSA) is 87.3 Å². The Bertz CT molecular complexity index is 1220. The van der Waals surface area contributed by atoms with Crippen molar-refractivity contribution in [3.8, 4) is 11.5 Å². The van der Waals surface area contributed by atoms with Crippen molar-refractivity contribution in [3.63, 3.8) is 0 Å². The second-order valence-corrected chi connectivity index (χ2v) is 9.72. The summed E-state index contributed by atoms with van der Waals surface area (Å²) in [5.41, 5.74) is 2.15. The van der Waals surface area contributed by atoms with Gasteiger partial charge in [0, 0.05) is 5.92 Å². The molecule has 182 valence electrons. The van der Waals surface area contributed by atoms with Crippen LogP contribution in [0.15, 0.2) is 64.2 Å². The van der Waals surface area contributed by atoms with Gasteiger partial charge < -0.3 is 9.47 Å². The Kier molecular flexibility index (Phi) is 7.70. The summed E-state index contributed by atoms with van der Waals surface area (Å²) in [4.78, 5) is 16.8. The van der Waals surface area contributed by atoms with E-state index in [2.05, 4.69) is 30.0 Å². The van der Waals surface area contributed by atoms with E-state index in [0.717, 1.165) is 22.8 Å². The van der Waals surface area contributed by atoms with E-state index in [-0.39, 0.29) is 17.3 Å². The number of benzene rings is 2. The summed E-state index contributed by atoms with van der Waals surface area (Å²) in [6.07, 6.45) is 2.71. The summed E-state index contributed by atoms with van der Waals surface area (Å²) >= 11 is 1.34. The molecule has 1 amide bonds. The van der Waals surface area contributed by atoms with Crippen LogP contribution in [0.3, 0.4) is 0 Å². The third kappa shape index (κ3) is 5.65. The van der Waals surface area contributed by atoms with Gasteiger partial charge in [0.25, 0.3) is 5.91 Å². The number of amidine groups is 2. The number of carbonyl (C=O) groups excluding carboxylic acids is 1. The number of nitrogens with one attached hydrogen (secondary N) is 1. The van der Waals surface area contributed by atoms with Crippen LogP contribution in [-0.2, 0) is 4.79 Å². The highest BCUT2D eigenvalue weighted by atomic mass is 32.2. The Morgan fingerprint density at radius 1 is 1.09 bits per heavy atom. The third-order valence-electron chi connectivity index (χ3n) is 5.81. The fraction of sp³-hybridized carbons (Fsp3) is 0.333. The molecule has 0 saturated carbocycles. The Labute approximate surface area is 210 Å². The van der Waals surface area contributed by atoms with Crippen molar-refractivity contribution in [3.05, 3.63) is 65.2 Å². The second kappa shape index (κ2) is 10.9. The van der Waals surface area contributed by atoms with Crippen LogP contribution in [0.5, 0.6) is 11.5 Å². The van der Waals surface area contributed by atoms with Gasteiger partial charge in [0.1, 0.15) is 29.8 Å². The van der Waals surface area contributed by atoms with E-state index in [1.165, 1.54) is 22.3 Å². The van der Waals surface area contributed by atoms with Gasteiger partial charge in [-0.2, -0.15) is 15.1 Å². The maximum absolute atomic E-state index is 12.6. The van der Waals surface area contributed by atoms with Crippen LogP contribution in [0.2, 0.25) is 0 Å². The maximum atomic E-state index is 12.6. The number of fused-ring (bicyclic) bond motifs is 1. The van der Waals surface area contributed by atoms with E-state index < -0.39 is 5.91 Å². The van der Waals surface area contributed by atoms with Crippen LogP contribution in [0.4, 0.5) is 0 Å². The van der Waals surface area contributed by atoms with Crippen molar-refractivity contribution in [2.45, 2.75) is 40.0 Å². The van der Waals surface area contributed by atoms with Crippen molar-refractivity contribution in [1.29, 1.82) is 5.41 Å². The van der Waals surface area contributed by atoms with Crippen molar-refractivity contribution in [2.24, 2.45) is 16.0 Å².